The number of carbonyl (C=O) groups excluding carboxylic acids is 1. The normalized spacial score (nSPS) is 9.76. The molecule has 0 unspecified atom stereocenters. The first-order valence-electron chi connectivity index (χ1n) is 5.34. The fourth-order valence-corrected chi connectivity index (χ4v) is 1.25. The van der Waals surface area contributed by atoms with Gasteiger partial charge in [0.25, 0.3) is 5.91 Å². The maximum absolute atomic E-state index is 11.6. The van der Waals surface area contributed by atoms with E-state index in [0.29, 0.717) is 24.7 Å². The van der Waals surface area contributed by atoms with Crippen molar-refractivity contribution in [3.63, 3.8) is 0 Å². The number of hydrogen-bond acceptors (Lipinski definition) is 4. The second kappa shape index (κ2) is 9.04. The molecule has 1 rings (SSSR count). The smallest absolute Gasteiger partial charge is 0.287 e. The van der Waals surface area contributed by atoms with E-state index in [2.05, 4.69) is 10.6 Å². The van der Waals surface area contributed by atoms with Gasteiger partial charge in [0.1, 0.15) is 12.4 Å². The van der Waals surface area contributed by atoms with Crippen molar-refractivity contribution >= 4 is 18.3 Å². The van der Waals surface area contributed by atoms with Crippen LogP contribution in [0.15, 0.2) is 16.5 Å². The van der Waals surface area contributed by atoms with Gasteiger partial charge in [0.05, 0.1) is 0 Å². The zero-order chi connectivity index (χ0) is 11.8. The number of ether oxygens (including phenoxy) is 1. The molecule has 0 aromatic carbocycles. The van der Waals surface area contributed by atoms with E-state index in [1.807, 2.05) is 6.92 Å². The average molecular weight is 263 g/mol. The van der Waals surface area contributed by atoms with Crippen molar-refractivity contribution in [3.8, 4) is 0 Å². The molecule has 0 spiro atoms. The van der Waals surface area contributed by atoms with E-state index in [1.54, 1.807) is 19.2 Å². The Kier molecular flexibility index (Phi) is 8.49. The van der Waals surface area contributed by atoms with Crippen LogP contribution in [0.25, 0.3) is 0 Å². The van der Waals surface area contributed by atoms with Gasteiger partial charge in [0, 0.05) is 20.2 Å². The van der Waals surface area contributed by atoms with Crippen molar-refractivity contribution in [3.05, 3.63) is 23.7 Å². The van der Waals surface area contributed by atoms with E-state index in [4.69, 9.17) is 9.15 Å². The predicted molar refractivity (Wildman–Crippen MR) is 67.5 cm³/mol. The quantitative estimate of drug-likeness (QED) is 0.725. The number of furan rings is 1. The fourth-order valence-electron chi connectivity index (χ4n) is 1.25. The third-order valence-corrected chi connectivity index (χ3v) is 2.01. The molecule has 0 fully saturated rings. The van der Waals surface area contributed by atoms with Crippen LogP contribution < -0.4 is 10.6 Å². The highest BCUT2D eigenvalue weighted by molar-refractivity contribution is 5.91. The van der Waals surface area contributed by atoms with E-state index in [-0.39, 0.29) is 18.3 Å². The van der Waals surface area contributed by atoms with Gasteiger partial charge >= 0.3 is 0 Å². The van der Waals surface area contributed by atoms with Crippen molar-refractivity contribution in [2.24, 2.45) is 0 Å². The average Bonchev–Trinajstić information content (AvgIpc) is 2.73. The first kappa shape index (κ1) is 16.0. The summed E-state index contributed by atoms with van der Waals surface area (Å²) < 4.78 is 10.2. The van der Waals surface area contributed by atoms with Gasteiger partial charge in [-0.15, -0.1) is 12.4 Å². The largest absolute Gasteiger partial charge is 0.453 e. The molecular formula is C11H19ClN2O3. The Hall–Kier alpha value is -1.04. The number of hydrogen-bond donors (Lipinski definition) is 2. The lowest BCUT2D eigenvalue weighted by Crippen LogP contribution is -2.31. The molecule has 0 aliphatic carbocycles. The molecule has 0 saturated carbocycles. The van der Waals surface area contributed by atoms with Crippen molar-refractivity contribution in [2.45, 2.75) is 13.5 Å². The molecular weight excluding hydrogens is 244 g/mol. The molecule has 1 amide bonds. The highest BCUT2D eigenvalue weighted by atomic mass is 35.5. The van der Waals surface area contributed by atoms with Crippen LogP contribution in [0.4, 0.5) is 0 Å². The Morgan fingerprint density at radius 1 is 1.41 bits per heavy atom. The standard InChI is InChI=1S/C11H18N2O3.ClH/c1-3-12-6-7-13-11(14)10-5-4-9(16-10)8-15-2;/h4-5,12H,3,6-8H2,1-2H3,(H,13,14);1H. The van der Waals surface area contributed by atoms with Crippen molar-refractivity contribution in [1.82, 2.24) is 10.6 Å². The molecule has 1 aromatic rings. The van der Waals surface area contributed by atoms with Crippen LogP contribution in [0, 0.1) is 0 Å². The lowest BCUT2D eigenvalue weighted by molar-refractivity contribution is 0.0917. The summed E-state index contributed by atoms with van der Waals surface area (Å²) in [5.74, 6) is 0.781. The van der Waals surface area contributed by atoms with Crippen molar-refractivity contribution < 1.29 is 13.9 Å². The van der Waals surface area contributed by atoms with E-state index >= 15 is 0 Å². The number of halogens is 1. The molecule has 2 N–H and O–H groups in total. The molecule has 0 aliphatic rings. The van der Waals surface area contributed by atoms with Gasteiger partial charge in [0.2, 0.25) is 0 Å². The summed E-state index contributed by atoms with van der Waals surface area (Å²) in [5, 5.41) is 5.87. The molecule has 0 bridgehead atoms. The number of rotatable bonds is 7. The van der Waals surface area contributed by atoms with Gasteiger partial charge in [-0.3, -0.25) is 4.79 Å². The van der Waals surface area contributed by atoms with Gasteiger partial charge < -0.3 is 19.8 Å². The van der Waals surface area contributed by atoms with Gasteiger partial charge in [-0.2, -0.15) is 0 Å². The number of amides is 1. The second-order valence-corrected chi connectivity index (χ2v) is 3.31. The molecule has 98 valence electrons. The lowest BCUT2D eigenvalue weighted by atomic mass is 10.4. The van der Waals surface area contributed by atoms with Gasteiger partial charge in [-0.25, -0.2) is 0 Å². The van der Waals surface area contributed by atoms with Crippen LogP contribution in [0.5, 0.6) is 0 Å². The monoisotopic (exact) mass is 262 g/mol. The third kappa shape index (κ3) is 5.72. The van der Waals surface area contributed by atoms with Crippen molar-refractivity contribution in [1.29, 1.82) is 0 Å². The van der Waals surface area contributed by atoms with Crippen LogP contribution >= 0.6 is 12.4 Å². The molecule has 1 aromatic heterocycles. The number of likely N-dealkylation sites (N-methyl/N-ethyl adjacent to an activating group) is 1. The fraction of sp³-hybridized carbons (Fsp3) is 0.545. The zero-order valence-corrected chi connectivity index (χ0v) is 10.9. The second-order valence-electron chi connectivity index (χ2n) is 3.31. The maximum Gasteiger partial charge on any atom is 0.287 e. The minimum atomic E-state index is -0.194. The van der Waals surface area contributed by atoms with Crippen molar-refractivity contribution in [2.75, 3.05) is 26.7 Å². The maximum atomic E-state index is 11.6. The molecule has 0 radical (unpaired) electrons. The Morgan fingerprint density at radius 2 is 2.18 bits per heavy atom. The minimum Gasteiger partial charge on any atom is -0.453 e. The summed E-state index contributed by atoms with van der Waals surface area (Å²) in [4.78, 5) is 11.6. The number of methoxy groups -OCH3 is 1. The molecule has 6 heteroatoms. The summed E-state index contributed by atoms with van der Waals surface area (Å²) in [6.07, 6.45) is 0. The molecule has 17 heavy (non-hydrogen) atoms. The van der Waals surface area contributed by atoms with Crippen LogP contribution in [0.1, 0.15) is 23.2 Å². The topological polar surface area (TPSA) is 63.5 Å². The predicted octanol–water partition coefficient (Wildman–Crippen LogP) is 1.19. The van der Waals surface area contributed by atoms with E-state index in [9.17, 15) is 4.79 Å². The Balaban J connectivity index is 0.00000256. The van der Waals surface area contributed by atoms with Crippen LogP contribution in [0.3, 0.4) is 0 Å². The number of carbonyl (C=O) groups is 1. The Bertz CT molecular complexity index is 328. The van der Waals surface area contributed by atoms with E-state index in [1.165, 1.54) is 0 Å². The molecule has 1 heterocycles. The van der Waals surface area contributed by atoms with Crippen LogP contribution in [0.2, 0.25) is 0 Å². The van der Waals surface area contributed by atoms with E-state index < -0.39 is 0 Å². The molecule has 0 aliphatic heterocycles. The SMILES string of the molecule is CCNCCNC(=O)c1ccc(COC)o1.Cl. The van der Waals surface area contributed by atoms with Gasteiger partial charge in [0.15, 0.2) is 5.76 Å². The summed E-state index contributed by atoms with van der Waals surface area (Å²) in [5.41, 5.74) is 0. The molecule has 0 atom stereocenters. The highest BCUT2D eigenvalue weighted by Gasteiger charge is 2.09. The summed E-state index contributed by atoms with van der Waals surface area (Å²) in [7, 11) is 1.58. The van der Waals surface area contributed by atoms with Crippen LogP contribution in [-0.2, 0) is 11.3 Å². The summed E-state index contributed by atoms with van der Waals surface area (Å²) >= 11 is 0. The third-order valence-electron chi connectivity index (χ3n) is 2.01. The number of nitrogens with one attached hydrogen (secondary N) is 2. The molecule has 0 saturated heterocycles. The Morgan fingerprint density at radius 3 is 2.82 bits per heavy atom. The first-order chi connectivity index (χ1) is 7.77. The summed E-state index contributed by atoms with van der Waals surface area (Å²) in [6, 6.07) is 3.39. The first-order valence-corrected chi connectivity index (χ1v) is 5.34. The van der Waals surface area contributed by atoms with E-state index in [0.717, 1.165) is 13.1 Å². The molecule has 5 nitrogen and oxygen atoms in total. The van der Waals surface area contributed by atoms with Crippen LogP contribution in [-0.4, -0.2) is 32.7 Å². The summed E-state index contributed by atoms with van der Waals surface area (Å²) in [6.45, 7) is 4.64. The minimum absolute atomic E-state index is 0. The van der Waals surface area contributed by atoms with Gasteiger partial charge in [-0.05, 0) is 18.7 Å². The Labute approximate surface area is 107 Å². The zero-order valence-electron chi connectivity index (χ0n) is 10.1. The highest BCUT2D eigenvalue weighted by Crippen LogP contribution is 2.08. The van der Waals surface area contributed by atoms with Gasteiger partial charge in [-0.1, -0.05) is 6.92 Å². The lowest BCUT2D eigenvalue weighted by Gasteiger charge is -2.03.